The zero-order valence-electron chi connectivity index (χ0n) is 15.1. The SMILES string of the molecule is CC1CCCCCC(NC2CC(C)(C)NC(C)(C)C2)CC1. The highest BCUT2D eigenvalue weighted by molar-refractivity contribution is 5.00. The second-order valence-corrected chi connectivity index (χ2v) is 9.18. The van der Waals surface area contributed by atoms with Gasteiger partial charge in [0.05, 0.1) is 0 Å². The van der Waals surface area contributed by atoms with Gasteiger partial charge < -0.3 is 10.6 Å². The lowest BCUT2D eigenvalue weighted by Crippen LogP contribution is -2.62. The van der Waals surface area contributed by atoms with Gasteiger partial charge in [0.2, 0.25) is 0 Å². The summed E-state index contributed by atoms with van der Waals surface area (Å²) in [5.74, 6) is 0.924. The molecule has 0 aromatic rings. The molecule has 2 fully saturated rings. The van der Waals surface area contributed by atoms with Crippen LogP contribution in [0.4, 0.5) is 0 Å². The Hall–Kier alpha value is -0.0800. The molecule has 2 unspecified atom stereocenters. The van der Waals surface area contributed by atoms with Gasteiger partial charge in [0, 0.05) is 23.2 Å². The molecule has 1 aliphatic heterocycles. The summed E-state index contributed by atoms with van der Waals surface area (Å²) in [7, 11) is 0. The van der Waals surface area contributed by atoms with Crippen LogP contribution in [0.25, 0.3) is 0 Å². The fourth-order valence-electron chi connectivity index (χ4n) is 4.77. The molecule has 0 radical (unpaired) electrons. The van der Waals surface area contributed by atoms with Crippen LogP contribution in [0, 0.1) is 5.92 Å². The van der Waals surface area contributed by atoms with Crippen LogP contribution in [0.15, 0.2) is 0 Å². The van der Waals surface area contributed by atoms with E-state index in [2.05, 4.69) is 45.3 Å². The van der Waals surface area contributed by atoms with Crippen molar-refractivity contribution >= 4 is 0 Å². The lowest BCUT2D eigenvalue weighted by Gasteiger charge is -2.47. The Morgan fingerprint density at radius 1 is 0.762 bits per heavy atom. The van der Waals surface area contributed by atoms with Crippen LogP contribution in [-0.2, 0) is 0 Å². The van der Waals surface area contributed by atoms with E-state index in [9.17, 15) is 0 Å². The summed E-state index contributed by atoms with van der Waals surface area (Å²) in [5.41, 5.74) is 0.510. The molecule has 2 rings (SSSR count). The van der Waals surface area contributed by atoms with E-state index in [1.807, 2.05) is 0 Å². The zero-order valence-corrected chi connectivity index (χ0v) is 15.1. The summed E-state index contributed by atoms with van der Waals surface area (Å²) in [4.78, 5) is 0. The maximum absolute atomic E-state index is 4.05. The maximum Gasteiger partial charge on any atom is 0.0144 e. The lowest BCUT2D eigenvalue weighted by atomic mass is 9.79. The molecule has 1 saturated carbocycles. The quantitative estimate of drug-likeness (QED) is 0.775. The average Bonchev–Trinajstić information content (AvgIpc) is 2.39. The number of nitrogens with one attached hydrogen (secondary N) is 2. The van der Waals surface area contributed by atoms with E-state index < -0.39 is 0 Å². The van der Waals surface area contributed by atoms with E-state index in [0.29, 0.717) is 6.04 Å². The van der Waals surface area contributed by atoms with Gasteiger partial charge in [0.1, 0.15) is 0 Å². The number of rotatable bonds is 2. The molecule has 0 aromatic carbocycles. The van der Waals surface area contributed by atoms with E-state index in [1.54, 1.807) is 0 Å². The zero-order chi connectivity index (χ0) is 15.5. The fourth-order valence-corrected chi connectivity index (χ4v) is 4.77. The fraction of sp³-hybridized carbons (Fsp3) is 1.00. The van der Waals surface area contributed by atoms with Crippen molar-refractivity contribution in [2.45, 2.75) is 116 Å². The predicted octanol–water partition coefficient (Wildman–Crippen LogP) is 4.63. The lowest BCUT2D eigenvalue weighted by molar-refractivity contribution is 0.136. The van der Waals surface area contributed by atoms with Crippen molar-refractivity contribution in [2.75, 3.05) is 0 Å². The third-order valence-electron chi connectivity index (χ3n) is 5.42. The molecule has 2 aliphatic rings. The molecule has 0 amide bonds. The van der Waals surface area contributed by atoms with Gasteiger partial charge in [-0.1, -0.05) is 32.6 Å². The molecular weight excluding hydrogens is 256 g/mol. The first-order valence-corrected chi connectivity index (χ1v) is 9.31. The van der Waals surface area contributed by atoms with Crippen LogP contribution in [0.5, 0.6) is 0 Å². The third-order valence-corrected chi connectivity index (χ3v) is 5.42. The predicted molar refractivity (Wildman–Crippen MR) is 92.7 cm³/mol. The molecule has 124 valence electrons. The molecule has 1 aliphatic carbocycles. The van der Waals surface area contributed by atoms with Gasteiger partial charge in [-0.25, -0.2) is 0 Å². The Bertz CT molecular complexity index is 306. The van der Waals surface area contributed by atoms with Crippen molar-refractivity contribution in [3.63, 3.8) is 0 Å². The first-order chi connectivity index (χ1) is 9.76. The monoisotopic (exact) mass is 294 g/mol. The highest BCUT2D eigenvalue weighted by Crippen LogP contribution is 2.30. The van der Waals surface area contributed by atoms with Crippen LogP contribution in [0.2, 0.25) is 0 Å². The van der Waals surface area contributed by atoms with Gasteiger partial charge >= 0.3 is 0 Å². The van der Waals surface area contributed by atoms with E-state index in [0.717, 1.165) is 12.0 Å². The molecule has 0 bridgehead atoms. The van der Waals surface area contributed by atoms with Crippen LogP contribution < -0.4 is 10.6 Å². The number of hydrogen-bond donors (Lipinski definition) is 2. The van der Waals surface area contributed by atoms with Crippen molar-refractivity contribution in [2.24, 2.45) is 5.92 Å². The maximum atomic E-state index is 4.05. The minimum absolute atomic E-state index is 0.255. The van der Waals surface area contributed by atoms with Crippen LogP contribution in [0.1, 0.15) is 92.4 Å². The molecule has 2 heteroatoms. The van der Waals surface area contributed by atoms with E-state index >= 15 is 0 Å². The Morgan fingerprint density at radius 2 is 1.38 bits per heavy atom. The van der Waals surface area contributed by atoms with Gasteiger partial charge in [0.15, 0.2) is 0 Å². The Labute approximate surface area is 132 Å². The second kappa shape index (κ2) is 7.00. The van der Waals surface area contributed by atoms with E-state index in [4.69, 9.17) is 0 Å². The summed E-state index contributed by atoms with van der Waals surface area (Å²) in [6.45, 7) is 11.9. The minimum atomic E-state index is 0.255. The summed E-state index contributed by atoms with van der Waals surface area (Å²) < 4.78 is 0. The van der Waals surface area contributed by atoms with Gasteiger partial charge in [-0.2, -0.15) is 0 Å². The highest BCUT2D eigenvalue weighted by atomic mass is 15.1. The smallest absolute Gasteiger partial charge is 0.0144 e. The minimum Gasteiger partial charge on any atom is -0.311 e. The average molecular weight is 295 g/mol. The summed E-state index contributed by atoms with van der Waals surface area (Å²) >= 11 is 0. The molecule has 2 nitrogen and oxygen atoms in total. The van der Waals surface area contributed by atoms with Crippen molar-refractivity contribution in [3.05, 3.63) is 0 Å². The van der Waals surface area contributed by atoms with Crippen LogP contribution in [0.3, 0.4) is 0 Å². The molecule has 1 saturated heterocycles. The third kappa shape index (κ3) is 5.90. The molecule has 2 N–H and O–H groups in total. The van der Waals surface area contributed by atoms with E-state index in [-0.39, 0.29) is 11.1 Å². The van der Waals surface area contributed by atoms with Crippen LogP contribution in [-0.4, -0.2) is 23.2 Å². The molecule has 21 heavy (non-hydrogen) atoms. The molecule has 2 atom stereocenters. The number of hydrogen-bond acceptors (Lipinski definition) is 2. The Morgan fingerprint density at radius 3 is 2.05 bits per heavy atom. The topological polar surface area (TPSA) is 24.1 Å². The van der Waals surface area contributed by atoms with Crippen molar-refractivity contribution in [1.82, 2.24) is 10.6 Å². The van der Waals surface area contributed by atoms with E-state index in [1.165, 1.54) is 57.8 Å². The number of piperidine rings is 1. The van der Waals surface area contributed by atoms with Crippen molar-refractivity contribution in [3.8, 4) is 0 Å². The molecular formula is C19H38N2. The molecule has 0 aromatic heterocycles. The van der Waals surface area contributed by atoms with Crippen molar-refractivity contribution in [1.29, 1.82) is 0 Å². The molecule has 1 heterocycles. The van der Waals surface area contributed by atoms with Crippen molar-refractivity contribution < 1.29 is 0 Å². The summed E-state index contributed by atoms with van der Waals surface area (Å²) in [5, 5.41) is 7.84. The van der Waals surface area contributed by atoms with Gasteiger partial charge in [-0.3, -0.25) is 0 Å². The normalized spacial score (nSPS) is 34.7. The first-order valence-electron chi connectivity index (χ1n) is 9.31. The molecule has 0 spiro atoms. The standard InChI is InChI=1S/C19H38N2/c1-15-9-7-6-8-10-16(12-11-15)20-17-13-18(2,3)21-19(4,5)14-17/h15-17,20-21H,6-14H2,1-5H3. The van der Waals surface area contributed by atoms with Gasteiger partial charge in [0.25, 0.3) is 0 Å². The Kier molecular flexibility index (Phi) is 5.76. The summed E-state index contributed by atoms with van der Waals surface area (Å²) in [6, 6.07) is 1.43. The van der Waals surface area contributed by atoms with Crippen LogP contribution >= 0.6 is 0 Å². The largest absolute Gasteiger partial charge is 0.311 e. The highest BCUT2D eigenvalue weighted by Gasteiger charge is 2.38. The summed E-state index contributed by atoms with van der Waals surface area (Å²) in [6.07, 6.45) is 12.4. The van der Waals surface area contributed by atoms with Gasteiger partial charge in [-0.15, -0.1) is 0 Å². The Balaban J connectivity index is 1.91. The van der Waals surface area contributed by atoms with Gasteiger partial charge in [-0.05, 0) is 65.7 Å². The first kappa shape index (κ1) is 17.3. The second-order valence-electron chi connectivity index (χ2n) is 9.18.